The minimum atomic E-state index is 0.375. The molecule has 0 atom stereocenters. The predicted octanol–water partition coefficient (Wildman–Crippen LogP) is 2.35. The van der Waals surface area contributed by atoms with E-state index in [2.05, 4.69) is 0 Å². The standard InChI is InChI=1S/C6H14O.C2H3N/c1-5(2)7-6(3)4;1-2-3/h5-6H,1-4H3;1H3. The summed E-state index contributed by atoms with van der Waals surface area (Å²) in [5.41, 5.74) is 0. The Balaban J connectivity index is 0. The normalized spacial score (nSPS) is 8.60. The van der Waals surface area contributed by atoms with Crippen molar-refractivity contribution in [2.45, 2.75) is 46.8 Å². The summed E-state index contributed by atoms with van der Waals surface area (Å²) in [6.07, 6.45) is 0.750. The van der Waals surface area contributed by atoms with Gasteiger partial charge in [0.1, 0.15) is 0 Å². The minimum Gasteiger partial charge on any atom is -0.376 e. The summed E-state index contributed by atoms with van der Waals surface area (Å²) in [7, 11) is 0. The van der Waals surface area contributed by atoms with Gasteiger partial charge in [0.05, 0.1) is 18.3 Å². The zero-order valence-corrected chi connectivity index (χ0v) is 7.51. The molecule has 0 saturated heterocycles. The first-order valence-corrected chi connectivity index (χ1v) is 3.50. The van der Waals surface area contributed by atoms with Crippen molar-refractivity contribution < 1.29 is 4.74 Å². The molecule has 0 saturated carbocycles. The number of nitriles is 1. The zero-order valence-electron chi connectivity index (χ0n) is 7.51. The number of rotatable bonds is 2. The Morgan fingerprint density at radius 1 is 1.10 bits per heavy atom. The topological polar surface area (TPSA) is 33.0 Å². The first kappa shape index (κ1) is 12.2. The van der Waals surface area contributed by atoms with Crippen molar-refractivity contribution in [2.24, 2.45) is 0 Å². The second kappa shape index (κ2) is 8.45. The molecule has 0 rings (SSSR count). The Bertz CT molecular complexity index is 85.9. The second-order valence-corrected chi connectivity index (χ2v) is 2.46. The zero-order chi connectivity index (χ0) is 8.57. The summed E-state index contributed by atoms with van der Waals surface area (Å²) in [5.74, 6) is 0. The average Bonchev–Trinajstić information content (AvgIpc) is 1.62. The number of hydrogen-bond donors (Lipinski definition) is 0. The van der Waals surface area contributed by atoms with E-state index in [0.717, 1.165) is 0 Å². The highest BCUT2D eigenvalue weighted by atomic mass is 16.5. The largest absolute Gasteiger partial charge is 0.376 e. The predicted molar refractivity (Wildman–Crippen MR) is 42.6 cm³/mol. The lowest BCUT2D eigenvalue weighted by Crippen LogP contribution is -2.09. The molecule has 0 heterocycles. The van der Waals surface area contributed by atoms with Crippen LogP contribution in [0.1, 0.15) is 34.6 Å². The van der Waals surface area contributed by atoms with E-state index in [4.69, 9.17) is 10.00 Å². The van der Waals surface area contributed by atoms with E-state index in [9.17, 15) is 0 Å². The lowest BCUT2D eigenvalue weighted by Gasteiger charge is -2.09. The van der Waals surface area contributed by atoms with Gasteiger partial charge in [0.25, 0.3) is 0 Å². The van der Waals surface area contributed by atoms with Crippen molar-refractivity contribution in [1.29, 1.82) is 5.26 Å². The van der Waals surface area contributed by atoms with Crippen LogP contribution in [-0.2, 0) is 4.74 Å². The van der Waals surface area contributed by atoms with Crippen molar-refractivity contribution in [3.63, 3.8) is 0 Å². The van der Waals surface area contributed by atoms with E-state index in [-0.39, 0.29) is 0 Å². The van der Waals surface area contributed by atoms with Crippen LogP contribution in [0.3, 0.4) is 0 Å². The summed E-state index contributed by atoms with van der Waals surface area (Å²) in [4.78, 5) is 0. The smallest absolute Gasteiger partial charge is 0.0587 e. The molecule has 0 unspecified atom stereocenters. The fraction of sp³-hybridized carbons (Fsp3) is 0.875. The number of ether oxygens (including phenoxy) is 1. The molecule has 0 bridgehead atoms. The maximum atomic E-state index is 7.32. The van der Waals surface area contributed by atoms with Crippen molar-refractivity contribution in [2.75, 3.05) is 0 Å². The molecule has 0 aliphatic rings. The van der Waals surface area contributed by atoms with Gasteiger partial charge in [-0.2, -0.15) is 5.26 Å². The summed E-state index contributed by atoms with van der Waals surface area (Å²) in [5, 5.41) is 7.32. The van der Waals surface area contributed by atoms with Gasteiger partial charge in [0, 0.05) is 6.92 Å². The van der Waals surface area contributed by atoms with Crippen LogP contribution in [0, 0.1) is 11.3 Å². The molecular weight excluding hydrogens is 126 g/mol. The molecule has 0 aromatic rings. The van der Waals surface area contributed by atoms with Gasteiger partial charge in [-0.25, -0.2) is 0 Å². The van der Waals surface area contributed by atoms with Crippen LogP contribution in [0.15, 0.2) is 0 Å². The highest BCUT2D eigenvalue weighted by Gasteiger charge is 1.94. The molecule has 0 amide bonds. The molecular formula is C8H17NO. The molecule has 0 aliphatic carbocycles. The van der Waals surface area contributed by atoms with E-state index in [1.807, 2.05) is 27.7 Å². The van der Waals surface area contributed by atoms with E-state index < -0.39 is 0 Å². The maximum absolute atomic E-state index is 7.32. The molecule has 0 N–H and O–H groups in total. The lowest BCUT2D eigenvalue weighted by molar-refractivity contribution is 0.0300. The molecule has 2 nitrogen and oxygen atoms in total. The van der Waals surface area contributed by atoms with Gasteiger partial charge in [-0.15, -0.1) is 0 Å². The van der Waals surface area contributed by atoms with Crippen LogP contribution >= 0.6 is 0 Å². The van der Waals surface area contributed by atoms with Crippen LogP contribution in [0.25, 0.3) is 0 Å². The third-order valence-corrected chi connectivity index (χ3v) is 0.544. The highest BCUT2D eigenvalue weighted by molar-refractivity contribution is 4.51. The molecule has 0 aliphatic heterocycles. The van der Waals surface area contributed by atoms with E-state index in [1.165, 1.54) is 6.92 Å². The Kier molecular flexibility index (Phi) is 10.3. The summed E-state index contributed by atoms with van der Waals surface area (Å²) < 4.78 is 5.25. The SMILES string of the molecule is CC#N.CC(C)OC(C)C. The fourth-order valence-electron chi connectivity index (χ4n) is 0.544. The number of nitrogens with zero attached hydrogens (tertiary/aromatic N) is 1. The van der Waals surface area contributed by atoms with Gasteiger partial charge in [-0.1, -0.05) is 0 Å². The van der Waals surface area contributed by atoms with E-state index in [1.54, 1.807) is 6.07 Å². The van der Waals surface area contributed by atoms with Gasteiger partial charge in [0.15, 0.2) is 0 Å². The van der Waals surface area contributed by atoms with Crippen molar-refractivity contribution in [3.8, 4) is 6.07 Å². The van der Waals surface area contributed by atoms with Gasteiger partial charge in [0.2, 0.25) is 0 Å². The highest BCUT2D eigenvalue weighted by Crippen LogP contribution is 1.93. The average molecular weight is 143 g/mol. The summed E-state index contributed by atoms with van der Waals surface area (Å²) >= 11 is 0. The van der Waals surface area contributed by atoms with Gasteiger partial charge >= 0.3 is 0 Å². The summed E-state index contributed by atoms with van der Waals surface area (Å²) in [6.45, 7) is 9.60. The van der Waals surface area contributed by atoms with Crippen molar-refractivity contribution in [1.82, 2.24) is 0 Å². The Morgan fingerprint density at radius 2 is 1.30 bits per heavy atom. The first-order valence-electron chi connectivity index (χ1n) is 3.50. The molecule has 0 aromatic heterocycles. The first-order chi connectivity index (χ1) is 4.54. The lowest BCUT2D eigenvalue weighted by atomic mass is 10.4. The molecule has 60 valence electrons. The van der Waals surface area contributed by atoms with Crippen LogP contribution < -0.4 is 0 Å². The van der Waals surface area contributed by atoms with E-state index >= 15 is 0 Å². The van der Waals surface area contributed by atoms with Gasteiger partial charge in [-0.05, 0) is 27.7 Å². The monoisotopic (exact) mass is 143 g/mol. The maximum Gasteiger partial charge on any atom is 0.0587 e. The quantitative estimate of drug-likeness (QED) is 0.594. The Hall–Kier alpha value is -0.550. The molecule has 0 aromatic carbocycles. The molecule has 10 heavy (non-hydrogen) atoms. The third kappa shape index (κ3) is 26.0. The molecule has 0 fully saturated rings. The van der Waals surface area contributed by atoms with Gasteiger partial charge < -0.3 is 4.74 Å². The molecule has 0 radical (unpaired) electrons. The minimum absolute atomic E-state index is 0.375. The van der Waals surface area contributed by atoms with Crippen LogP contribution in [0.2, 0.25) is 0 Å². The number of hydrogen-bond acceptors (Lipinski definition) is 2. The third-order valence-electron chi connectivity index (χ3n) is 0.544. The fourth-order valence-corrected chi connectivity index (χ4v) is 0.544. The van der Waals surface area contributed by atoms with Crippen LogP contribution in [-0.4, -0.2) is 12.2 Å². The Morgan fingerprint density at radius 3 is 1.30 bits per heavy atom. The molecule has 2 heteroatoms. The van der Waals surface area contributed by atoms with Crippen molar-refractivity contribution >= 4 is 0 Å². The Labute approximate surface area is 63.8 Å². The second-order valence-electron chi connectivity index (χ2n) is 2.46. The van der Waals surface area contributed by atoms with Crippen LogP contribution in [0.5, 0.6) is 0 Å². The van der Waals surface area contributed by atoms with Crippen molar-refractivity contribution in [3.05, 3.63) is 0 Å². The van der Waals surface area contributed by atoms with Gasteiger partial charge in [-0.3, -0.25) is 0 Å². The van der Waals surface area contributed by atoms with Crippen LogP contribution in [0.4, 0.5) is 0 Å². The summed E-state index contributed by atoms with van der Waals surface area (Å²) in [6, 6.07) is 1.75. The molecule has 0 spiro atoms. The van der Waals surface area contributed by atoms with E-state index in [0.29, 0.717) is 12.2 Å².